The topological polar surface area (TPSA) is 0 Å². The van der Waals surface area contributed by atoms with Crippen molar-refractivity contribution in [2.24, 2.45) is 0 Å². The van der Waals surface area contributed by atoms with Crippen LogP contribution in [0.4, 0.5) is 0 Å². The third-order valence-electron chi connectivity index (χ3n) is 2.55. The van der Waals surface area contributed by atoms with E-state index in [9.17, 15) is 0 Å². The summed E-state index contributed by atoms with van der Waals surface area (Å²) in [6.07, 6.45) is 9.07. The maximum absolute atomic E-state index is 2.36. The van der Waals surface area contributed by atoms with Crippen LogP contribution in [-0.2, 0) is 0 Å². The number of hydrogen-bond donors (Lipinski definition) is 0. The molecule has 1 rings (SSSR count). The van der Waals surface area contributed by atoms with Gasteiger partial charge in [-0.3, -0.25) is 0 Å². The van der Waals surface area contributed by atoms with Crippen LogP contribution in [0.3, 0.4) is 0 Å². The van der Waals surface area contributed by atoms with Crippen LogP contribution in [-0.4, -0.2) is 15.0 Å². The zero-order valence-electron chi connectivity index (χ0n) is 10.4. The van der Waals surface area contributed by atoms with Gasteiger partial charge >= 0.3 is 106 Å². The van der Waals surface area contributed by atoms with Crippen LogP contribution in [0.15, 0.2) is 35.3 Å². The predicted octanol–water partition coefficient (Wildman–Crippen LogP) is 3.81. The Morgan fingerprint density at radius 1 is 1.06 bits per heavy atom. The fraction of sp³-hybridized carbons (Fsp3) is 0.467. The Bertz CT molecular complexity index is 298. The maximum atomic E-state index is 2.36. The predicted molar refractivity (Wildman–Crippen MR) is 74.5 cm³/mol. The summed E-state index contributed by atoms with van der Waals surface area (Å²) in [7, 11) is 0. The Kier molecular flexibility index (Phi) is 7.29. The number of hydrogen-bond acceptors (Lipinski definition) is 0. The van der Waals surface area contributed by atoms with E-state index in [1.807, 2.05) is 0 Å². The average Bonchev–Trinajstić information content (AvgIpc) is 2.30. The molecule has 0 spiro atoms. The molecule has 0 bridgehead atoms. The van der Waals surface area contributed by atoms with Crippen LogP contribution < -0.4 is 4.46 Å². The first-order valence-corrected chi connectivity index (χ1v) is 8.06. The third kappa shape index (κ3) is 6.15. The van der Waals surface area contributed by atoms with E-state index in [0.717, 1.165) is 0 Å². The first-order chi connectivity index (χ1) is 7.83. The van der Waals surface area contributed by atoms with Gasteiger partial charge in [-0.2, -0.15) is 0 Å². The Morgan fingerprint density at radius 2 is 1.81 bits per heavy atom. The first-order valence-electron chi connectivity index (χ1n) is 6.21. The molecule has 1 aromatic rings. The van der Waals surface area contributed by atoms with Crippen molar-refractivity contribution in [2.75, 3.05) is 0 Å². The Morgan fingerprint density at radius 3 is 2.50 bits per heavy atom. The van der Waals surface area contributed by atoms with Crippen molar-refractivity contribution in [1.29, 1.82) is 0 Å². The molecule has 0 unspecified atom stereocenters. The van der Waals surface area contributed by atoms with Crippen LogP contribution in [0.25, 0.3) is 0 Å². The molecule has 0 fully saturated rings. The van der Waals surface area contributed by atoms with Crippen LogP contribution in [0.2, 0.25) is 0 Å². The van der Waals surface area contributed by atoms with Crippen molar-refractivity contribution < 1.29 is 0 Å². The molecule has 0 heterocycles. The summed E-state index contributed by atoms with van der Waals surface area (Å²) < 4.78 is 1.47. The molecule has 0 aliphatic heterocycles. The van der Waals surface area contributed by atoms with Gasteiger partial charge in [-0.15, -0.1) is 0 Å². The van der Waals surface area contributed by atoms with E-state index in [2.05, 4.69) is 49.2 Å². The molecular formula is C15H22Se. The SMILES string of the molecule is CCCCCC/C=C/[Se]c1ccc(C)cc1. The average molecular weight is 281 g/mol. The van der Waals surface area contributed by atoms with E-state index in [4.69, 9.17) is 0 Å². The van der Waals surface area contributed by atoms with E-state index in [0.29, 0.717) is 15.0 Å². The fourth-order valence-electron chi connectivity index (χ4n) is 1.50. The zero-order chi connectivity index (χ0) is 11.6. The summed E-state index contributed by atoms with van der Waals surface area (Å²) >= 11 is 0.526. The molecule has 0 aliphatic carbocycles. The van der Waals surface area contributed by atoms with E-state index in [1.54, 1.807) is 0 Å². The molecule has 0 amide bonds. The monoisotopic (exact) mass is 282 g/mol. The Hall–Kier alpha value is -0.521. The van der Waals surface area contributed by atoms with Gasteiger partial charge in [0, 0.05) is 0 Å². The van der Waals surface area contributed by atoms with Crippen molar-refractivity contribution in [3.63, 3.8) is 0 Å². The van der Waals surface area contributed by atoms with Crippen molar-refractivity contribution in [3.05, 3.63) is 40.9 Å². The van der Waals surface area contributed by atoms with Gasteiger partial charge in [0.25, 0.3) is 0 Å². The van der Waals surface area contributed by atoms with Gasteiger partial charge < -0.3 is 0 Å². The molecule has 0 aliphatic rings. The summed E-state index contributed by atoms with van der Waals surface area (Å²) in [5.74, 6) is 0. The van der Waals surface area contributed by atoms with Crippen LogP contribution in [0.1, 0.15) is 44.6 Å². The van der Waals surface area contributed by atoms with Crippen molar-refractivity contribution >= 4 is 19.4 Å². The number of benzene rings is 1. The van der Waals surface area contributed by atoms with E-state index < -0.39 is 0 Å². The number of rotatable bonds is 7. The van der Waals surface area contributed by atoms with Crippen molar-refractivity contribution in [2.45, 2.75) is 46.0 Å². The molecule has 0 saturated carbocycles. The number of aryl methyl sites for hydroxylation is 1. The van der Waals surface area contributed by atoms with Gasteiger partial charge in [-0.05, 0) is 0 Å². The molecule has 0 aromatic heterocycles. The second-order valence-electron chi connectivity index (χ2n) is 4.15. The quantitative estimate of drug-likeness (QED) is 0.526. The Labute approximate surface area is 106 Å². The Balaban J connectivity index is 2.14. The molecule has 1 heteroatoms. The molecule has 0 atom stereocenters. The van der Waals surface area contributed by atoms with Crippen molar-refractivity contribution in [1.82, 2.24) is 0 Å². The summed E-state index contributed by atoms with van der Waals surface area (Å²) in [5.41, 5.74) is 1.35. The summed E-state index contributed by atoms with van der Waals surface area (Å²) in [6.45, 7) is 4.40. The van der Waals surface area contributed by atoms with Crippen LogP contribution in [0.5, 0.6) is 0 Å². The molecule has 1 aromatic carbocycles. The fourth-order valence-corrected chi connectivity index (χ4v) is 2.93. The third-order valence-corrected chi connectivity index (χ3v) is 4.38. The van der Waals surface area contributed by atoms with E-state index in [1.165, 1.54) is 42.1 Å². The zero-order valence-corrected chi connectivity index (χ0v) is 12.1. The van der Waals surface area contributed by atoms with Gasteiger partial charge in [-0.25, -0.2) is 0 Å². The molecule has 0 N–H and O–H groups in total. The molecular weight excluding hydrogens is 259 g/mol. The molecule has 88 valence electrons. The summed E-state index contributed by atoms with van der Waals surface area (Å²) in [4.78, 5) is 2.36. The second-order valence-corrected chi connectivity index (χ2v) is 6.21. The number of unbranched alkanes of at least 4 members (excludes halogenated alkanes) is 4. The van der Waals surface area contributed by atoms with E-state index in [-0.39, 0.29) is 0 Å². The standard InChI is InChI=1S/C15H22Se/c1-3-4-5-6-7-8-13-16-15-11-9-14(2)10-12-15/h8-13H,3-7H2,1-2H3/b13-8+. The molecule has 0 nitrogen and oxygen atoms in total. The summed E-state index contributed by atoms with van der Waals surface area (Å²) in [5, 5.41) is 0. The normalized spacial score (nSPS) is 11.1. The number of allylic oxidation sites excluding steroid dienone is 1. The first kappa shape index (κ1) is 13.5. The van der Waals surface area contributed by atoms with Gasteiger partial charge in [-0.1, -0.05) is 0 Å². The summed E-state index contributed by atoms with van der Waals surface area (Å²) in [6, 6.07) is 8.89. The molecule has 0 radical (unpaired) electrons. The molecule has 0 saturated heterocycles. The van der Waals surface area contributed by atoms with Crippen molar-refractivity contribution in [3.8, 4) is 0 Å². The van der Waals surface area contributed by atoms with Crippen LogP contribution in [0, 0.1) is 6.92 Å². The van der Waals surface area contributed by atoms with Gasteiger partial charge in [0.1, 0.15) is 0 Å². The van der Waals surface area contributed by atoms with Gasteiger partial charge in [0.15, 0.2) is 0 Å². The van der Waals surface area contributed by atoms with Crippen LogP contribution >= 0.6 is 0 Å². The molecule has 16 heavy (non-hydrogen) atoms. The minimum atomic E-state index is 0.526. The second kappa shape index (κ2) is 8.61. The minimum absolute atomic E-state index is 0.526. The van der Waals surface area contributed by atoms with Gasteiger partial charge in [0.2, 0.25) is 0 Å². The van der Waals surface area contributed by atoms with Gasteiger partial charge in [0.05, 0.1) is 0 Å². The van der Waals surface area contributed by atoms with E-state index >= 15 is 0 Å².